The number of aromatic nitrogens is 2. The standard InChI is InChI=1S/C22H26BrN7S/c1-2-18(23)22-28-19(11-20(30(22)24)27-13-16-5-3-7-25-12-16)17-6-4-9-29(14-17)15-21-26-8-10-31-21/h2-3,5,7-8,10-12,17,28H,1,4,6,9,13-15,24H2/b22-18+,27-20?. The van der Waals surface area contributed by atoms with Crippen molar-refractivity contribution in [3.8, 4) is 0 Å². The smallest absolute Gasteiger partial charge is 0.145 e. The lowest BCUT2D eigenvalue weighted by Crippen LogP contribution is -2.48. The van der Waals surface area contributed by atoms with Gasteiger partial charge in [0.05, 0.1) is 17.6 Å². The summed E-state index contributed by atoms with van der Waals surface area (Å²) in [6.07, 6.45) is 11.5. The zero-order valence-electron chi connectivity index (χ0n) is 17.2. The lowest BCUT2D eigenvalue weighted by atomic mass is 9.93. The number of hydrogen-bond donors (Lipinski definition) is 2. The first-order valence-electron chi connectivity index (χ1n) is 10.2. The van der Waals surface area contributed by atoms with Crippen molar-refractivity contribution in [2.24, 2.45) is 16.8 Å². The SMILES string of the molecule is C=C/C(Br)=C1/NC(C2CCCN(Cc3nccs3)C2)=CC(=NCc2cccnc2)N1N. The highest BCUT2D eigenvalue weighted by Crippen LogP contribution is 2.28. The van der Waals surface area contributed by atoms with Crippen LogP contribution in [0.15, 0.2) is 75.8 Å². The van der Waals surface area contributed by atoms with Crippen LogP contribution in [-0.4, -0.2) is 38.8 Å². The Bertz CT molecular complexity index is 985. The molecule has 2 aromatic rings. The van der Waals surface area contributed by atoms with E-state index >= 15 is 0 Å². The molecule has 31 heavy (non-hydrogen) atoms. The third-order valence-electron chi connectivity index (χ3n) is 5.37. The first-order valence-corrected chi connectivity index (χ1v) is 11.9. The quantitative estimate of drug-likeness (QED) is 0.588. The van der Waals surface area contributed by atoms with Crippen molar-refractivity contribution in [3.05, 3.63) is 81.4 Å². The maximum atomic E-state index is 6.40. The van der Waals surface area contributed by atoms with Crippen LogP contribution in [0.1, 0.15) is 23.4 Å². The molecule has 0 bridgehead atoms. The molecule has 4 heterocycles. The fourth-order valence-electron chi connectivity index (χ4n) is 3.81. The minimum atomic E-state index is 0.367. The molecule has 2 aromatic heterocycles. The summed E-state index contributed by atoms with van der Waals surface area (Å²) in [5, 5.41) is 8.29. The van der Waals surface area contributed by atoms with Gasteiger partial charge in [0.25, 0.3) is 0 Å². The Labute approximate surface area is 195 Å². The molecule has 0 radical (unpaired) electrons. The van der Waals surface area contributed by atoms with E-state index in [9.17, 15) is 0 Å². The van der Waals surface area contributed by atoms with Gasteiger partial charge in [0.2, 0.25) is 0 Å². The molecule has 0 saturated carbocycles. The third-order valence-corrected chi connectivity index (χ3v) is 6.84. The van der Waals surface area contributed by atoms with Gasteiger partial charge in [-0.2, -0.15) is 0 Å². The van der Waals surface area contributed by atoms with E-state index in [1.165, 1.54) is 0 Å². The first kappa shape index (κ1) is 21.9. The molecule has 162 valence electrons. The molecule has 0 amide bonds. The van der Waals surface area contributed by atoms with Crippen LogP contribution in [0.3, 0.4) is 0 Å². The molecule has 2 aliphatic heterocycles. The number of allylic oxidation sites excluding steroid dienone is 2. The van der Waals surface area contributed by atoms with Crippen LogP contribution in [0.2, 0.25) is 0 Å². The van der Waals surface area contributed by atoms with Crippen LogP contribution in [-0.2, 0) is 13.1 Å². The number of hydrazine groups is 1. The number of piperidine rings is 1. The number of pyridine rings is 1. The van der Waals surface area contributed by atoms with Crippen molar-refractivity contribution in [1.29, 1.82) is 0 Å². The molecule has 0 spiro atoms. The maximum absolute atomic E-state index is 6.40. The Morgan fingerprint density at radius 3 is 3.10 bits per heavy atom. The van der Waals surface area contributed by atoms with E-state index in [4.69, 9.17) is 10.8 Å². The number of aliphatic imine (C=N–C) groups is 1. The second-order valence-corrected chi connectivity index (χ2v) is 9.36. The Morgan fingerprint density at radius 1 is 1.45 bits per heavy atom. The number of nitrogens with one attached hydrogen (secondary N) is 1. The number of amidine groups is 1. The molecular weight excluding hydrogens is 474 g/mol. The van der Waals surface area contributed by atoms with Crippen molar-refractivity contribution < 1.29 is 0 Å². The monoisotopic (exact) mass is 499 g/mol. The summed E-state index contributed by atoms with van der Waals surface area (Å²) in [5.74, 6) is 8.22. The third kappa shape index (κ3) is 5.48. The molecule has 4 rings (SSSR count). The van der Waals surface area contributed by atoms with Gasteiger partial charge in [-0.05, 0) is 46.9 Å². The highest BCUT2D eigenvalue weighted by atomic mass is 79.9. The van der Waals surface area contributed by atoms with E-state index < -0.39 is 0 Å². The number of nitrogens with two attached hydrogens (primary N) is 1. The summed E-state index contributed by atoms with van der Waals surface area (Å²) in [6.45, 7) is 7.34. The van der Waals surface area contributed by atoms with Crippen LogP contribution >= 0.6 is 27.3 Å². The zero-order valence-corrected chi connectivity index (χ0v) is 19.6. The van der Waals surface area contributed by atoms with Gasteiger partial charge in [0.15, 0.2) is 0 Å². The normalized spacial score (nSPS) is 22.8. The number of nitrogens with zero attached hydrogens (tertiary/aromatic N) is 5. The van der Waals surface area contributed by atoms with E-state index in [1.807, 2.05) is 29.9 Å². The molecular formula is C22H26BrN7S. The molecule has 1 unspecified atom stereocenters. The van der Waals surface area contributed by atoms with Crippen molar-refractivity contribution in [1.82, 2.24) is 25.2 Å². The van der Waals surface area contributed by atoms with Gasteiger partial charge in [-0.15, -0.1) is 11.3 Å². The van der Waals surface area contributed by atoms with Gasteiger partial charge in [-0.25, -0.2) is 15.8 Å². The number of hydrogen-bond acceptors (Lipinski definition) is 7. The fraction of sp³-hybridized carbons (Fsp3) is 0.318. The molecule has 1 fully saturated rings. The van der Waals surface area contributed by atoms with E-state index in [0.717, 1.165) is 59.0 Å². The van der Waals surface area contributed by atoms with E-state index in [0.29, 0.717) is 18.3 Å². The second kappa shape index (κ2) is 10.3. The first-order chi connectivity index (χ1) is 15.1. The lowest BCUT2D eigenvalue weighted by Gasteiger charge is -2.37. The molecule has 1 atom stereocenters. The molecule has 9 heteroatoms. The van der Waals surface area contributed by atoms with Gasteiger partial charge in [0.1, 0.15) is 16.7 Å². The average molecular weight is 500 g/mol. The van der Waals surface area contributed by atoms with Crippen LogP contribution in [0.5, 0.6) is 0 Å². The molecule has 2 aliphatic rings. The summed E-state index contributed by atoms with van der Waals surface area (Å²) in [6, 6.07) is 3.93. The number of halogens is 1. The van der Waals surface area contributed by atoms with Crippen molar-refractivity contribution in [3.63, 3.8) is 0 Å². The number of rotatable bonds is 6. The van der Waals surface area contributed by atoms with Gasteiger partial charge in [-0.3, -0.25) is 14.9 Å². The van der Waals surface area contributed by atoms with Gasteiger partial charge < -0.3 is 5.32 Å². The van der Waals surface area contributed by atoms with E-state index in [-0.39, 0.29) is 0 Å². The Balaban J connectivity index is 1.57. The molecule has 7 nitrogen and oxygen atoms in total. The van der Waals surface area contributed by atoms with Gasteiger partial charge in [0, 0.05) is 48.2 Å². The fourth-order valence-corrected chi connectivity index (χ4v) is 4.76. The average Bonchev–Trinajstić information content (AvgIpc) is 3.32. The zero-order chi connectivity index (χ0) is 21.6. The summed E-state index contributed by atoms with van der Waals surface area (Å²) < 4.78 is 0.796. The lowest BCUT2D eigenvalue weighted by molar-refractivity contribution is 0.179. The summed E-state index contributed by atoms with van der Waals surface area (Å²) >= 11 is 5.28. The molecule has 0 aromatic carbocycles. The minimum absolute atomic E-state index is 0.367. The highest BCUT2D eigenvalue weighted by molar-refractivity contribution is 9.11. The molecule has 1 saturated heterocycles. The Morgan fingerprint density at radius 2 is 2.35 bits per heavy atom. The maximum Gasteiger partial charge on any atom is 0.145 e. The predicted octanol–water partition coefficient (Wildman–Crippen LogP) is 3.76. The largest absolute Gasteiger partial charge is 0.343 e. The van der Waals surface area contributed by atoms with Gasteiger partial charge in [-0.1, -0.05) is 18.7 Å². The summed E-state index contributed by atoms with van der Waals surface area (Å²) in [7, 11) is 0. The Hall–Kier alpha value is -2.33. The van der Waals surface area contributed by atoms with E-state index in [1.54, 1.807) is 28.6 Å². The number of thiazole rings is 1. The minimum Gasteiger partial charge on any atom is -0.343 e. The van der Waals surface area contributed by atoms with Gasteiger partial charge >= 0.3 is 0 Å². The van der Waals surface area contributed by atoms with Crippen LogP contribution in [0, 0.1) is 5.92 Å². The van der Waals surface area contributed by atoms with Crippen LogP contribution < -0.4 is 11.2 Å². The topological polar surface area (TPSA) is 82.7 Å². The van der Waals surface area contributed by atoms with E-state index in [2.05, 4.69) is 48.8 Å². The van der Waals surface area contributed by atoms with Crippen LogP contribution in [0.25, 0.3) is 0 Å². The number of likely N-dealkylation sites (tertiary alicyclic amines) is 1. The van der Waals surface area contributed by atoms with Crippen molar-refractivity contribution >= 4 is 33.1 Å². The molecule has 3 N–H and O–H groups in total. The Kier molecular flexibility index (Phi) is 7.29. The summed E-state index contributed by atoms with van der Waals surface area (Å²) in [4.78, 5) is 15.9. The highest BCUT2D eigenvalue weighted by Gasteiger charge is 2.29. The van der Waals surface area contributed by atoms with Crippen LogP contribution in [0.4, 0.5) is 0 Å². The predicted molar refractivity (Wildman–Crippen MR) is 129 cm³/mol. The summed E-state index contributed by atoms with van der Waals surface area (Å²) in [5.41, 5.74) is 2.17. The second-order valence-electron chi connectivity index (χ2n) is 7.53. The van der Waals surface area contributed by atoms with Crippen molar-refractivity contribution in [2.75, 3.05) is 13.1 Å². The molecule has 0 aliphatic carbocycles. The van der Waals surface area contributed by atoms with Crippen molar-refractivity contribution in [2.45, 2.75) is 25.9 Å².